The molecule has 1 nitrogen and oxygen atoms in total. The minimum absolute atomic E-state index is 0.839. The molecule has 1 saturated heterocycles. The summed E-state index contributed by atoms with van der Waals surface area (Å²) < 4.78 is 0. The lowest BCUT2D eigenvalue weighted by Crippen LogP contribution is -2.06. The maximum Gasteiger partial charge on any atom is 0.00502 e. The van der Waals surface area contributed by atoms with E-state index >= 15 is 0 Å². The smallest absolute Gasteiger partial charge is 0.00502 e. The van der Waals surface area contributed by atoms with Crippen LogP contribution in [0, 0.1) is 5.92 Å². The molecule has 0 bridgehead atoms. The van der Waals surface area contributed by atoms with Gasteiger partial charge in [-0.25, -0.2) is 0 Å². The van der Waals surface area contributed by atoms with Crippen LogP contribution in [0.2, 0.25) is 0 Å². The Morgan fingerprint density at radius 3 is 2.91 bits per heavy atom. The molecule has 0 saturated carbocycles. The van der Waals surface area contributed by atoms with Crippen LogP contribution in [0.1, 0.15) is 26.7 Å². The Balaban J connectivity index is 2.31. The number of rotatable bonds is 2. The van der Waals surface area contributed by atoms with Crippen LogP contribution in [-0.2, 0) is 0 Å². The zero-order valence-electron chi connectivity index (χ0n) is 7.34. The monoisotopic (exact) mass is 171 g/mol. The summed E-state index contributed by atoms with van der Waals surface area (Å²) in [6.07, 6.45) is 4.71. The van der Waals surface area contributed by atoms with Gasteiger partial charge in [0, 0.05) is 10.9 Å². The highest BCUT2D eigenvalue weighted by atomic mass is 32.2. The van der Waals surface area contributed by atoms with Crippen molar-refractivity contribution in [2.24, 2.45) is 11.7 Å². The van der Waals surface area contributed by atoms with Crippen molar-refractivity contribution in [1.29, 1.82) is 0 Å². The van der Waals surface area contributed by atoms with E-state index in [1.165, 1.54) is 18.6 Å². The van der Waals surface area contributed by atoms with Crippen LogP contribution < -0.4 is 5.73 Å². The first-order valence-electron chi connectivity index (χ1n) is 4.24. The number of hydrogen-bond donors (Lipinski definition) is 1. The summed E-state index contributed by atoms with van der Waals surface area (Å²) in [5.41, 5.74) is 6.54. The first-order chi connectivity index (χ1) is 5.20. The third-order valence-electron chi connectivity index (χ3n) is 2.28. The minimum Gasteiger partial charge on any atom is -0.403 e. The summed E-state index contributed by atoms with van der Waals surface area (Å²) in [6.45, 7) is 4.29. The Bertz CT molecular complexity index is 150. The van der Waals surface area contributed by atoms with Crippen molar-refractivity contribution in [1.82, 2.24) is 0 Å². The van der Waals surface area contributed by atoms with E-state index in [0.29, 0.717) is 0 Å². The van der Waals surface area contributed by atoms with Gasteiger partial charge in [-0.1, -0.05) is 13.0 Å². The average molecular weight is 171 g/mol. The summed E-state index contributed by atoms with van der Waals surface area (Å²) in [6, 6.07) is 0. The number of nitrogens with two attached hydrogens (primary N) is 1. The maximum absolute atomic E-state index is 5.57. The maximum atomic E-state index is 5.57. The van der Waals surface area contributed by atoms with Gasteiger partial charge < -0.3 is 5.73 Å². The van der Waals surface area contributed by atoms with E-state index in [4.69, 9.17) is 5.73 Å². The van der Waals surface area contributed by atoms with Crippen molar-refractivity contribution >= 4 is 11.8 Å². The summed E-state index contributed by atoms with van der Waals surface area (Å²) in [5.74, 6) is 2.21. The van der Waals surface area contributed by atoms with Gasteiger partial charge >= 0.3 is 0 Å². The van der Waals surface area contributed by atoms with Gasteiger partial charge in [0.1, 0.15) is 0 Å². The molecule has 2 unspecified atom stereocenters. The molecule has 1 heterocycles. The molecule has 0 amide bonds. The zero-order valence-corrected chi connectivity index (χ0v) is 8.16. The Morgan fingerprint density at radius 2 is 2.45 bits per heavy atom. The van der Waals surface area contributed by atoms with Crippen molar-refractivity contribution in [3.63, 3.8) is 0 Å². The van der Waals surface area contributed by atoms with Gasteiger partial charge in [0.15, 0.2) is 0 Å². The highest BCUT2D eigenvalue weighted by Gasteiger charge is 2.22. The van der Waals surface area contributed by atoms with Gasteiger partial charge in [0.05, 0.1) is 0 Å². The van der Waals surface area contributed by atoms with E-state index in [9.17, 15) is 0 Å². The van der Waals surface area contributed by atoms with Crippen LogP contribution in [0.25, 0.3) is 0 Å². The van der Waals surface area contributed by atoms with Gasteiger partial charge in [-0.3, -0.25) is 0 Å². The zero-order chi connectivity index (χ0) is 8.27. The summed E-state index contributed by atoms with van der Waals surface area (Å²) in [5, 5.41) is 0.839. The number of hydrogen-bond acceptors (Lipinski definition) is 2. The average Bonchev–Trinajstić information content (AvgIpc) is 2.31. The largest absolute Gasteiger partial charge is 0.403 e. The number of thioether (sulfide) groups is 1. The Hall–Kier alpha value is -0.110. The fraction of sp³-hybridized carbons (Fsp3) is 0.778. The van der Waals surface area contributed by atoms with Gasteiger partial charge in [-0.2, -0.15) is 11.8 Å². The molecule has 1 rings (SSSR count). The second-order valence-corrected chi connectivity index (χ2v) is 4.79. The van der Waals surface area contributed by atoms with Crippen LogP contribution >= 0.6 is 11.8 Å². The standard InChI is InChI=1S/C9H17NS/c1-7(10)3-4-9-5-6-11-8(9)2/h3,8-9H,4-6,10H2,1-2H3/b7-3+. The molecular weight excluding hydrogens is 154 g/mol. The Labute approximate surface area is 73.4 Å². The van der Waals surface area contributed by atoms with Gasteiger partial charge in [0.2, 0.25) is 0 Å². The summed E-state index contributed by atoms with van der Waals surface area (Å²) >= 11 is 2.09. The van der Waals surface area contributed by atoms with Crippen molar-refractivity contribution < 1.29 is 0 Å². The quantitative estimate of drug-likeness (QED) is 0.690. The fourth-order valence-electron chi connectivity index (χ4n) is 1.42. The molecule has 0 aromatic carbocycles. The van der Waals surface area contributed by atoms with Crippen molar-refractivity contribution in [2.45, 2.75) is 31.9 Å². The molecule has 1 fully saturated rings. The lowest BCUT2D eigenvalue weighted by atomic mass is 9.99. The van der Waals surface area contributed by atoms with Crippen LogP contribution in [0.15, 0.2) is 11.8 Å². The van der Waals surface area contributed by atoms with E-state index in [-0.39, 0.29) is 0 Å². The Morgan fingerprint density at radius 1 is 1.73 bits per heavy atom. The van der Waals surface area contributed by atoms with Crippen molar-refractivity contribution in [2.75, 3.05) is 5.75 Å². The molecule has 0 radical (unpaired) electrons. The predicted molar refractivity (Wildman–Crippen MR) is 52.6 cm³/mol. The second kappa shape index (κ2) is 4.05. The molecule has 11 heavy (non-hydrogen) atoms. The minimum atomic E-state index is 0.839. The topological polar surface area (TPSA) is 26.0 Å². The van der Waals surface area contributed by atoms with Crippen molar-refractivity contribution in [3.05, 3.63) is 11.8 Å². The summed E-state index contributed by atoms with van der Waals surface area (Å²) in [7, 11) is 0. The lowest BCUT2D eigenvalue weighted by molar-refractivity contribution is 0.539. The van der Waals surface area contributed by atoms with Gasteiger partial charge in [0.25, 0.3) is 0 Å². The first-order valence-corrected chi connectivity index (χ1v) is 5.29. The molecule has 0 aliphatic carbocycles. The predicted octanol–water partition coefficient (Wildman–Crippen LogP) is 2.38. The molecule has 0 aromatic rings. The molecule has 1 aliphatic rings. The van der Waals surface area contributed by atoms with E-state index in [1.807, 2.05) is 6.92 Å². The molecule has 2 heteroatoms. The van der Waals surface area contributed by atoms with E-state index in [1.54, 1.807) is 0 Å². The summed E-state index contributed by atoms with van der Waals surface area (Å²) in [4.78, 5) is 0. The van der Waals surface area contributed by atoms with E-state index in [0.717, 1.165) is 16.9 Å². The van der Waals surface area contributed by atoms with Crippen LogP contribution in [0.4, 0.5) is 0 Å². The van der Waals surface area contributed by atoms with E-state index in [2.05, 4.69) is 24.8 Å². The third kappa shape index (κ3) is 2.78. The van der Waals surface area contributed by atoms with E-state index < -0.39 is 0 Å². The van der Waals surface area contributed by atoms with Crippen LogP contribution in [0.3, 0.4) is 0 Å². The normalized spacial score (nSPS) is 32.7. The third-order valence-corrected chi connectivity index (χ3v) is 3.66. The lowest BCUT2D eigenvalue weighted by Gasteiger charge is -2.11. The number of allylic oxidation sites excluding steroid dienone is 2. The van der Waals surface area contributed by atoms with Crippen LogP contribution in [-0.4, -0.2) is 11.0 Å². The van der Waals surface area contributed by atoms with Gasteiger partial charge in [-0.05, 0) is 31.4 Å². The molecule has 64 valence electrons. The fourth-order valence-corrected chi connectivity index (χ4v) is 2.75. The molecule has 2 atom stereocenters. The second-order valence-electron chi connectivity index (χ2n) is 3.31. The Kier molecular flexibility index (Phi) is 3.31. The molecule has 0 spiro atoms. The molecule has 2 N–H and O–H groups in total. The van der Waals surface area contributed by atoms with Crippen molar-refractivity contribution in [3.8, 4) is 0 Å². The first kappa shape index (κ1) is 8.98. The van der Waals surface area contributed by atoms with Gasteiger partial charge in [-0.15, -0.1) is 0 Å². The highest BCUT2D eigenvalue weighted by Crippen LogP contribution is 2.34. The molecular formula is C9H17NS. The highest BCUT2D eigenvalue weighted by molar-refractivity contribution is 8.00. The molecule has 0 aromatic heterocycles. The SMILES string of the molecule is C/C(N)=C\CC1CCSC1C. The van der Waals surface area contributed by atoms with Crippen LogP contribution in [0.5, 0.6) is 0 Å². The molecule has 1 aliphatic heterocycles.